The van der Waals surface area contributed by atoms with Gasteiger partial charge in [0, 0.05) is 120 Å². The Morgan fingerprint density at radius 3 is 0.647 bits per heavy atom. The fourth-order valence-corrected chi connectivity index (χ4v) is 13.0. The Bertz CT molecular complexity index is 2150. The second-order valence-electron chi connectivity index (χ2n) is 47.2. The molecular weight excluding hydrogens is 1700 g/mol. The Morgan fingerprint density at radius 1 is 0.237 bits per heavy atom. The molecule has 5 atom stereocenters. The van der Waals surface area contributed by atoms with E-state index in [1.54, 1.807) is 55.6 Å². The summed E-state index contributed by atoms with van der Waals surface area (Å²) in [7, 11) is 0. The van der Waals surface area contributed by atoms with Gasteiger partial charge in [-0.1, -0.05) is 396 Å². The summed E-state index contributed by atoms with van der Waals surface area (Å²) in [5.41, 5.74) is 1.41. The highest BCUT2D eigenvalue weighted by Gasteiger charge is 2.38. The van der Waals surface area contributed by atoms with E-state index in [1.807, 2.05) is 24.3 Å². The molecule has 10 saturated heterocycles. The Hall–Kier alpha value is -3.87. The molecule has 828 valence electrons. The lowest BCUT2D eigenvalue weighted by Gasteiger charge is -2.47. The molecule has 4 aliphatic carbocycles. The average Bonchev–Trinajstić information content (AvgIpc) is 1.40. The molecule has 5 unspecified atom stereocenters. The summed E-state index contributed by atoms with van der Waals surface area (Å²) in [5, 5.41) is 26.6. The quantitative estimate of drug-likeness (QED) is 0.0971. The van der Waals surface area contributed by atoms with Crippen LogP contribution >= 0.6 is 0 Å². The maximum Gasteiger partial charge on any atom is 0.115 e. The molecule has 0 amide bonds. The zero-order chi connectivity index (χ0) is 107. The lowest BCUT2D eigenvalue weighted by Crippen LogP contribution is -2.58. The van der Waals surface area contributed by atoms with Gasteiger partial charge in [-0.15, -0.1) is 0 Å². The smallest absolute Gasteiger partial charge is 0.115 e. The van der Waals surface area contributed by atoms with E-state index in [2.05, 4.69) is 362 Å². The molecule has 0 radical (unpaired) electrons. The van der Waals surface area contributed by atoms with E-state index in [4.69, 9.17) is 9.47 Å². The van der Waals surface area contributed by atoms with Crippen LogP contribution in [0, 0.1) is 94.7 Å². The van der Waals surface area contributed by atoms with Crippen molar-refractivity contribution in [3.8, 4) is 0 Å². The van der Waals surface area contributed by atoms with Crippen LogP contribution in [-0.4, -0.2) is 155 Å². The molecule has 3 aromatic heterocycles. The molecule has 15 heteroatoms. The van der Waals surface area contributed by atoms with Crippen LogP contribution in [0.3, 0.4) is 0 Å². The van der Waals surface area contributed by atoms with Gasteiger partial charge < -0.3 is 52.0 Å². The maximum absolute atomic E-state index is 5.07. The number of hydrogen-bond acceptors (Lipinski definition) is 15. The van der Waals surface area contributed by atoms with Gasteiger partial charge in [0.1, 0.15) is 6.33 Å². The number of morpholine rings is 1. The van der Waals surface area contributed by atoms with Gasteiger partial charge in [-0.25, -0.2) is 9.97 Å². The van der Waals surface area contributed by atoms with Crippen LogP contribution in [0.1, 0.15) is 468 Å². The van der Waals surface area contributed by atoms with Gasteiger partial charge in [-0.3, -0.25) is 15.0 Å². The summed E-state index contributed by atoms with van der Waals surface area (Å²) in [6.45, 7) is 105. The van der Waals surface area contributed by atoms with Crippen molar-refractivity contribution < 1.29 is 9.47 Å². The number of nitrogens with one attached hydrogen (secondary N) is 8. The fourth-order valence-electron chi connectivity index (χ4n) is 13.0. The van der Waals surface area contributed by atoms with Gasteiger partial charge in [0.2, 0.25) is 0 Å². The van der Waals surface area contributed by atoms with Crippen molar-refractivity contribution in [3.63, 3.8) is 0 Å². The molecular formula is C124H255N13O2. The monoisotopic (exact) mass is 1960 g/mol. The summed E-state index contributed by atoms with van der Waals surface area (Å²) in [5.74, 6) is 14.7. The summed E-state index contributed by atoms with van der Waals surface area (Å²) in [4.78, 5) is 18.6. The van der Waals surface area contributed by atoms with Crippen molar-refractivity contribution in [2.24, 2.45) is 94.7 Å². The van der Waals surface area contributed by atoms with Crippen LogP contribution < -0.4 is 42.5 Å². The first-order valence-electron chi connectivity index (χ1n) is 58.1. The van der Waals surface area contributed by atoms with Crippen molar-refractivity contribution in [1.29, 1.82) is 0 Å². The normalized spacial score (nSPS) is 19.3. The first kappa shape index (κ1) is 153. The summed E-state index contributed by atoms with van der Waals surface area (Å²) in [6.07, 6.45) is 56.7. The molecule has 14 fully saturated rings. The van der Waals surface area contributed by atoms with E-state index < -0.39 is 0 Å². The maximum atomic E-state index is 5.07. The second-order valence-corrected chi connectivity index (χ2v) is 47.2. The van der Waals surface area contributed by atoms with Crippen LogP contribution in [0.5, 0.6) is 0 Å². The summed E-state index contributed by atoms with van der Waals surface area (Å²) < 4.78 is 10.1. The Balaban J connectivity index is -0.000000182. The predicted molar refractivity (Wildman–Crippen MR) is 630 cm³/mol. The molecule has 15 nitrogen and oxygen atoms in total. The van der Waals surface area contributed by atoms with E-state index in [-0.39, 0.29) is 0 Å². The topological polar surface area (TPSA) is 179 Å². The van der Waals surface area contributed by atoms with E-state index >= 15 is 0 Å². The third kappa shape index (κ3) is 177. The minimum absolute atomic E-state index is 0.659. The number of piperidine rings is 4. The van der Waals surface area contributed by atoms with Crippen molar-refractivity contribution >= 4 is 0 Å². The first-order valence-corrected chi connectivity index (χ1v) is 58.1. The lowest BCUT2D eigenvalue weighted by molar-refractivity contribution is 0.0968. The third-order valence-corrected chi connectivity index (χ3v) is 19.0. The molecule has 18 rings (SSSR count). The second kappa shape index (κ2) is 125. The molecule has 0 spiro atoms. The molecule has 13 heterocycles. The Kier molecular flexibility index (Phi) is 137. The molecule has 1 aromatic carbocycles. The predicted octanol–water partition coefficient (Wildman–Crippen LogP) is 33.5. The van der Waals surface area contributed by atoms with Crippen molar-refractivity contribution in [2.45, 2.75) is 480 Å². The number of aromatic nitrogens is 5. The van der Waals surface area contributed by atoms with Gasteiger partial charge in [0.25, 0.3) is 0 Å². The third-order valence-electron chi connectivity index (χ3n) is 19.0. The zero-order valence-corrected chi connectivity index (χ0v) is 101. The van der Waals surface area contributed by atoms with Crippen LogP contribution in [-0.2, 0) is 9.47 Å². The van der Waals surface area contributed by atoms with Gasteiger partial charge in [-0.05, 0) is 266 Å². The molecule has 8 N–H and O–H groups in total. The minimum Gasteiger partial charge on any atom is -0.381 e. The minimum atomic E-state index is 0.659. The number of fused-ring (bicyclic) bond motifs is 5. The molecule has 14 aliphatic rings. The van der Waals surface area contributed by atoms with Gasteiger partial charge in [-0.2, -0.15) is 0 Å². The molecule has 139 heavy (non-hydrogen) atoms. The fraction of sp³-hybridized carbons (Fsp3) is 0.847. The van der Waals surface area contributed by atoms with E-state index in [0.717, 1.165) is 179 Å². The number of ether oxygens (including phenoxy) is 2. The number of nitrogens with zero attached hydrogens (tertiary/aromatic N) is 5. The molecule has 10 aliphatic heterocycles. The number of benzene rings is 1. The number of hydrogen-bond donors (Lipinski definition) is 8. The highest BCUT2D eigenvalue weighted by atomic mass is 16.5. The highest BCUT2D eigenvalue weighted by molar-refractivity contribution is 5.17. The van der Waals surface area contributed by atoms with Crippen molar-refractivity contribution in [3.05, 3.63) is 116 Å². The Labute approximate surface area is 874 Å². The number of pyridine rings is 1. The van der Waals surface area contributed by atoms with E-state index in [9.17, 15) is 0 Å². The van der Waals surface area contributed by atoms with Crippen LogP contribution in [0.25, 0.3) is 0 Å². The van der Waals surface area contributed by atoms with Gasteiger partial charge in [0.05, 0.1) is 13.2 Å². The van der Waals surface area contributed by atoms with Gasteiger partial charge >= 0.3 is 0 Å². The van der Waals surface area contributed by atoms with Crippen LogP contribution in [0.15, 0.2) is 110 Å². The summed E-state index contributed by atoms with van der Waals surface area (Å²) >= 11 is 0. The molecule has 4 aromatic rings. The highest BCUT2D eigenvalue weighted by Crippen LogP contribution is 2.39. The summed E-state index contributed by atoms with van der Waals surface area (Å²) in [6, 6.07) is 20.7. The molecule has 4 bridgehead atoms. The van der Waals surface area contributed by atoms with E-state index in [1.165, 1.54) is 244 Å². The molecule has 4 saturated carbocycles. The number of rotatable bonds is 3. The average molecular weight is 1960 g/mol. The number of piperazine rings is 1. The zero-order valence-electron chi connectivity index (χ0n) is 101. The van der Waals surface area contributed by atoms with Crippen molar-refractivity contribution in [1.82, 2.24) is 67.5 Å². The largest absolute Gasteiger partial charge is 0.381 e. The lowest BCUT2D eigenvalue weighted by atomic mass is 9.69. The SMILES string of the molecule is C1CCCC1.C1CCCCC1.C1CCCNCC1.C1CCNC1.C1CCNCC1.C1CCOCC1.C1CNCCN1.C1COCCN1.CC(C)C.CC(C)C.CC(C)C.CC(C)C.CC(C)C.CC(C)C.CC(C)C.CC(C)C.CC(C)C.CC(C)C.CC(C)C.CC(C)C1CC2CC(C1)N2.CC(C)C1CC2CCC1CN2.CC(C)c1ccccc1.c1ccncc1.c1cnccn1.c1cncnc1. The van der Waals surface area contributed by atoms with E-state index in [0.29, 0.717) is 5.92 Å². The van der Waals surface area contributed by atoms with Gasteiger partial charge in [0.15, 0.2) is 0 Å². The van der Waals surface area contributed by atoms with Crippen molar-refractivity contribution in [2.75, 3.05) is 112 Å². The van der Waals surface area contributed by atoms with Crippen LogP contribution in [0.4, 0.5) is 0 Å². The standard InChI is InChI=1S/C10H19N.C9H17N.C9H12.C6H13N.C6H12.C5H11N.C5H5N.C5H10O.C5H10.C4H10N2.2C4H4N2.C4H9NO.C4H9N.11C4H10/c1-7(2)10-5-9-4-3-8(10)6-11-9;1-6(2)7-3-8-5-9(4-7)10-8;1-8(2)9-6-4-3-5-7-9;1-2-4-6-7-5-3-1;4*1-2-4-6-5-3-1;1-2-4-5-3-1;2*1-2-6-4-3-5-1;1-2-5-4-6-3-1;1-3-6-4-2-5-1;1-2-4-5-3-1;11*1-4(2)3/h7-11H,3-6H2,1-2H3;6-10H,3-5H2,1-2H3;3-8H,1-2H3;7H,1-6H2;1-6H2;6H,1-5H2;1-5H;1-5H2;1-5H2;5-6H,1-4H2;2*1-4H;5H,1-4H2;5H,1-4H2;11*4H,1-3H3. The van der Waals surface area contributed by atoms with Crippen LogP contribution in [0.2, 0.25) is 0 Å². The first-order chi connectivity index (χ1) is 65.9. The Morgan fingerprint density at radius 2 is 0.496 bits per heavy atom.